The SMILES string of the molecule is NC(=O)CC[C@H](NC(=O)[C@H](Cc1c[nH]c2ccccc12)NC(=O)[C@@H](N)Cc1c[nH]c2ccccc12)C(=O)N[C@@H](CC(=O)O)C(=O)N[C@@H](Cc1c[nH]c2ccccc12)C(=O)N[C@@H](Cc1c[nH]c2ccccc12)C(=O)N[C@@H](CC(N)=O)C(=O)N[C@@H](CCC(=O)O)C(=O)N[C@@H](Cc1c[nH]c2ccccc12)C(=O)O. The molecule has 0 radical (unpaired) electrons. The van der Waals surface area contributed by atoms with Crippen LogP contribution in [-0.2, 0) is 94.4 Å². The summed E-state index contributed by atoms with van der Waals surface area (Å²) in [6.07, 6.45) is 2.27. The molecule has 0 aliphatic heterocycles. The number of hydrogen-bond donors (Lipinski definition) is 19. The Balaban J connectivity index is 0.907. The van der Waals surface area contributed by atoms with E-state index in [1.807, 2.05) is 24.3 Å². The van der Waals surface area contributed by atoms with E-state index < -0.39 is 183 Å². The Bertz CT molecular complexity index is 4930. The number of nitrogens with two attached hydrogens (primary N) is 3. The van der Waals surface area contributed by atoms with Crippen LogP contribution in [0.15, 0.2) is 152 Å². The molecule has 0 spiro atoms. The number of rotatable bonds is 37. The third-order valence-corrected chi connectivity index (χ3v) is 18.0. The molecule has 0 fully saturated rings. The standard InChI is InChI=1S/C73H78N16O16/c74-47(25-37-32-77-48-16-6-1-11-42(37)48)65(96)84-55(26-38-33-78-49-17-7-2-12-43(38)49)68(99)82-53(21-23-61(75)90)66(97)88-59(31-64(94)95)72(103)86-56(27-39-34-79-50-18-8-3-13-44(39)50)69(100)85-57(28-40-35-80-51-19-9-4-14-45(40)51)70(101)87-58(30-62(76)91)71(102)83-54(22-24-63(92)93)67(98)89-60(73(104)105)29-41-36-81-52-20-10-5-15-46(41)52/h1-20,32-36,47,53-60,77-81H,21-31,74H2,(H2,75,90)(H2,76,91)(H,82,99)(H,83,102)(H,84,96)(H,85,100)(H,86,103)(H,87,101)(H,88,97)(H,89,98)(H,92,93)(H,94,95)(H,104,105)/t47-,53-,54-,55-,56-,57-,58-,59-,60-/m0/s1. The molecule has 0 saturated carbocycles. The summed E-state index contributed by atoms with van der Waals surface area (Å²) in [6.45, 7) is 0. The summed E-state index contributed by atoms with van der Waals surface area (Å²) < 4.78 is 0. The largest absolute Gasteiger partial charge is 0.481 e. The molecule has 10 amide bonds. The maximum absolute atomic E-state index is 15.3. The highest BCUT2D eigenvalue weighted by Gasteiger charge is 2.38. The molecule has 10 aromatic rings. The zero-order chi connectivity index (χ0) is 75.0. The fourth-order valence-electron chi connectivity index (χ4n) is 12.6. The molecule has 0 unspecified atom stereocenters. The lowest BCUT2D eigenvalue weighted by Gasteiger charge is -2.28. The van der Waals surface area contributed by atoms with Gasteiger partial charge in [0, 0.05) is 124 Å². The number of benzene rings is 5. The first-order valence-corrected chi connectivity index (χ1v) is 33.5. The summed E-state index contributed by atoms with van der Waals surface area (Å²) in [5, 5.41) is 53.5. The van der Waals surface area contributed by atoms with Crippen molar-refractivity contribution in [2.24, 2.45) is 17.2 Å². The first-order valence-electron chi connectivity index (χ1n) is 33.5. The summed E-state index contributed by atoms with van der Waals surface area (Å²) in [4.78, 5) is 195. The van der Waals surface area contributed by atoms with E-state index in [1.165, 1.54) is 12.4 Å². The van der Waals surface area contributed by atoms with Gasteiger partial charge in [0.1, 0.15) is 48.3 Å². The normalized spacial score (nSPS) is 14.0. The molecule has 10 rings (SSSR count). The summed E-state index contributed by atoms with van der Waals surface area (Å²) in [7, 11) is 0. The zero-order valence-corrected chi connectivity index (χ0v) is 56.3. The Kier molecular flexibility index (Phi) is 24.2. The highest BCUT2D eigenvalue weighted by atomic mass is 16.4. The molecule has 546 valence electrons. The number of carbonyl (C=O) groups excluding carboxylic acids is 10. The van der Waals surface area contributed by atoms with Crippen LogP contribution >= 0.6 is 0 Å². The molecule has 0 aliphatic carbocycles. The molecule has 0 bridgehead atoms. The van der Waals surface area contributed by atoms with Crippen LogP contribution in [0.3, 0.4) is 0 Å². The predicted molar refractivity (Wildman–Crippen MR) is 382 cm³/mol. The van der Waals surface area contributed by atoms with E-state index in [1.54, 1.807) is 116 Å². The van der Waals surface area contributed by atoms with E-state index >= 15 is 9.59 Å². The predicted octanol–water partition coefficient (Wildman–Crippen LogP) is 1.38. The highest BCUT2D eigenvalue weighted by molar-refractivity contribution is 6.01. The number of fused-ring (bicyclic) bond motifs is 5. The third-order valence-electron chi connectivity index (χ3n) is 18.0. The Morgan fingerprint density at radius 3 is 0.895 bits per heavy atom. The van der Waals surface area contributed by atoms with Crippen LogP contribution < -0.4 is 59.7 Å². The van der Waals surface area contributed by atoms with Gasteiger partial charge in [-0.1, -0.05) is 91.0 Å². The maximum Gasteiger partial charge on any atom is 0.326 e. The molecule has 32 heteroatoms. The van der Waals surface area contributed by atoms with Gasteiger partial charge in [0.05, 0.1) is 18.9 Å². The Labute approximate surface area is 596 Å². The summed E-state index contributed by atoms with van der Waals surface area (Å²) in [6, 6.07) is 19.7. The quantitative estimate of drug-likeness (QED) is 0.0261. The lowest BCUT2D eigenvalue weighted by molar-refractivity contribution is -0.143. The molecule has 9 atom stereocenters. The molecule has 5 aromatic carbocycles. The first-order chi connectivity index (χ1) is 50.3. The molecule has 5 aromatic heterocycles. The van der Waals surface area contributed by atoms with E-state index in [4.69, 9.17) is 17.2 Å². The number of aromatic nitrogens is 5. The fourth-order valence-corrected chi connectivity index (χ4v) is 12.6. The average molecular weight is 1440 g/mol. The van der Waals surface area contributed by atoms with Gasteiger partial charge in [0.25, 0.3) is 0 Å². The lowest BCUT2D eigenvalue weighted by Crippen LogP contribution is -2.61. The van der Waals surface area contributed by atoms with E-state index in [9.17, 15) is 68.1 Å². The number of carboxylic acids is 3. The van der Waals surface area contributed by atoms with Gasteiger partial charge in [0.15, 0.2) is 0 Å². The minimum atomic E-state index is -2.07. The van der Waals surface area contributed by atoms with Gasteiger partial charge in [-0.2, -0.15) is 0 Å². The van der Waals surface area contributed by atoms with Gasteiger partial charge in [0.2, 0.25) is 59.1 Å². The van der Waals surface area contributed by atoms with Crippen molar-refractivity contribution >= 4 is 131 Å². The number of aromatic amines is 5. The van der Waals surface area contributed by atoms with Crippen molar-refractivity contribution in [1.82, 2.24) is 67.5 Å². The minimum Gasteiger partial charge on any atom is -0.481 e. The molecule has 22 N–H and O–H groups in total. The molecule has 5 heterocycles. The van der Waals surface area contributed by atoms with Crippen LogP contribution in [0.25, 0.3) is 54.5 Å². The van der Waals surface area contributed by atoms with Crippen molar-refractivity contribution in [1.29, 1.82) is 0 Å². The van der Waals surface area contributed by atoms with Crippen molar-refractivity contribution in [3.8, 4) is 0 Å². The molecule has 32 nitrogen and oxygen atoms in total. The van der Waals surface area contributed by atoms with Gasteiger partial charge in [-0.3, -0.25) is 57.5 Å². The Morgan fingerprint density at radius 2 is 0.571 bits per heavy atom. The van der Waals surface area contributed by atoms with Crippen molar-refractivity contribution in [2.45, 2.75) is 125 Å². The number of nitrogens with one attached hydrogen (secondary N) is 13. The van der Waals surface area contributed by atoms with Crippen LogP contribution in [0.1, 0.15) is 66.3 Å². The fraction of sp³-hybridized carbons (Fsp3) is 0.274. The van der Waals surface area contributed by atoms with Gasteiger partial charge in [-0.25, -0.2) is 4.79 Å². The molecular weight excluding hydrogens is 1360 g/mol. The van der Waals surface area contributed by atoms with Crippen molar-refractivity contribution < 1.29 is 77.6 Å². The molecular formula is C73H78N16O16. The number of H-pyrrole nitrogens is 5. The Hall–Kier alpha value is -13.1. The summed E-state index contributed by atoms with van der Waals surface area (Å²) in [5.41, 5.74) is 23.6. The second-order valence-corrected chi connectivity index (χ2v) is 25.5. The van der Waals surface area contributed by atoms with Crippen LogP contribution in [0, 0.1) is 0 Å². The van der Waals surface area contributed by atoms with Gasteiger partial charge < -0.3 is 100.0 Å². The van der Waals surface area contributed by atoms with Gasteiger partial charge in [-0.15, -0.1) is 0 Å². The van der Waals surface area contributed by atoms with Gasteiger partial charge in [-0.05, 0) is 77.4 Å². The van der Waals surface area contributed by atoms with Crippen LogP contribution in [0.2, 0.25) is 0 Å². The van der Waals surface area contributed by atoms with Crippen molar-refractivity contribution in [3.05, 3.63) is 180 Å². The zero-order valence-electron chi connectivity index (χ0n) is 56.3. The van der Waals surface area contributed by atoms with Crippen LogP contribution in [-0.4, -0.2) is 172 Å². The van der Waals surface area contributed by atoms with Crippen LogP contribution in [0.5, 0.6) is 0 Å². The van der Waals surface area contributed by atoms with E-state index in [2.05, 4.69) is 67.5 Å². The van der Waals surface area contributed by atoms with E-state index in [-0.39, 0.29) is 19.3 Å². The Morgan fingerprint density at radius 1 is 0.305 bits per heavy atom. The number of carboxylic acid groups (broad SMARTS) is 3. The van der Waals surface area contributed by atoms with Gasteiger partial charge >= 0.3 is 17.9 Å². The number of carbonyl (C=O) groups is 13. The minimum absolute atomic E-state index is 0.0400. The number of para-hydroxylation sites is 5. The topological polar surface area (TPSA) is 536 Å². The number of primary amides is 2. The summed E-state index contributed by atoms with van der Waals surface area (Å²) >= 11 is 0. The molecule has 105 heavy (non-hydrogen) atoms. The highest BCUT2D eigenvalue weighted by Crippen LogP contribution is 2.25. The number of amides is 10. The van der Waals surface area contributed by atoms with Crippen molar-refractivity contribution in [2.75, 3.05) is 0 Å². The summed E-state index contributed by atoms with van der Waals surface area (Å²) in [5.74, 6) is -15.5. The number of aliphatic carboxylic acids is 3. The molecule has 0 saturated heterocycles. The average Bonchev–Trinajstić information content (AvgIpc) is 1.76. The second-order valence-electron chi connectivity index (χ2n) is 25.5. The maximum atomic E-state index is 15.3. The number of hydrogen-bond acceptors (Lipinski definition) is 14. The monoisotopic (exact) mass is 1430 g/mol. The van der Waals surface area contributed by atoms with Crippen molar-refractivity contribution in [3.63, 3.8) is 0 Å². The first kappa shape index (κ1) is 74.6. The molecule has 0 aliphatic rings. The lowest BCUT2D eigenvalue weighted by atomic mass is 10.0. The third kappa shape index (κ3) is 19.3. The van der Waals surface area contributed by atoms with E-state index in [0.29, 0.717) is 71.4 Å². The smallest absolute Gasteiger partial charge is 0.326 e. The second kappa shape index (κ2) is 34.0. The van der Waals surface area contributed by atoms with E-state index in [0.717, 1.165) is 10.9 Å². The van der Waals surface area contributed by atoms with Crippen LogP contribution in [0.4, 0.5) is 0 Å².